The van der Waals surface area contributed by atoms with Gasteiger partial charge in [0, 0.05) is 30.8 Å². The molecule has 0 N–H and O–H groups in total. The first-order valence-corrected chi connectivity index (χ1v) is 6.82. The molecule has 0 aliphatic carbocycles. The van der Waals surface area contributed by atoms with Crippen molar-refractivity contribution >= 4 is 11.5 Å². The van der Waals surface area contributed by atoms with Gasteiger partial charge in [-0.2, -0.15) is 0 Å². The molecule has 0 fully saturated rings. The number of para-hydroxylation sites is 1. The van der Waals surface area contributed by atoms with Crippen LogP contribution in [0.1, 0.15) is 50.9 Å². The van der Waals surface area contributed by atoms with Crippen molar-refractivity contribution in [2.75, 3.05) is 11.9 Å². The molecule has 2 heteroatoms. The number of carbonyl (C=O) groups excluding carboxylic acids is 1. The number of carbonyl (C=O) groups is 1. The van der Waals surface area contributed by atoms with Crippen molar-refractivity contribution in [3.8, 4) is 0 Å². The number of hydrogen-bond donors (Lipinski definition) is 0. The highest BCUT2D eigenvalue weighted by atomic mass is 16.1. The highest BCUT2D eigenvalue weighted by Gasteiger charge is 2.17. The molecule has 0 bridgehead atoms. The number of anilines is 1. The lowest BCUT2D eigenvalue weighted by Crippen LogP contribution is -2.31. The highest BCUT2D eigenvalue weighted by molar-refractivity contribution is 6.01. The first-order valence-electron chi connectivity index (χ1n) is 6.82. The summed E-state index contributed by atoms with van der Waals surface area (Å²) in [6, 6.07) is 8.35. The van der Waals surface area contributed by atoms with Gasteiger partial charge in [-0.05, 0) is 31.4 Å². The predicted molar refractivity (Wildman–Crippen MR) is 78.4 cm³/mol. The summed E-state index contributed by atoms with van der Waals surface area (Å²) in [6.07, 6.45) is 1.69. The first kappa shape index (κ1) is 14.7. The second kappa shape index (κ2) is 6.58. The van der Waals surface area contributed by atoms with E-state index in [4.69, 9.17) is 0 Å². The second-order valence-electron chi connectivity index (χ2n) is 5.38. The Hall–Kier alpha value is -1.31. The molecule has 0 heterocycles. The summed E-state index contributed by atoms with van der Waals surface area (Å²) < 4.78 is 0. The zero-order chi connectivity index (χ0) is 13.7. The Labute approximate surface area is 111 Å². The van der Waals surface area contributed by atoms with E-state index in [2.05, 4.69) is 32.7 Å². The van der Waals surface area contributed by atoms with Crippen LogP contribution in [-0.2, 0) is 0 Å². The summed E-state index contributed by atoms with van der Waals surface area (Å²) >= 11 is 0. The molecular weight excluding hydrogens is 222 g/mol. The van der Waals surface area contributed by atoms with Crippen LogP contribution in [0.5, 0.6) is 0 Å². The fourth-order valence-electron chi connectivity index (χ4n) is 2.29. The Balaban J connectivity index is 2.98. The van der Waals surface area contributed by atoms with Crippen LogP contribution in [0.3, 0.4) is 0 Å². The fourth-order valence-corrected chi connectivity index (χ4v) is 2.29. The normalized spacial score (nSPS) is 12.6. The number of nitrogens with zero attached hydrogens (tertiary/aromatic N) is 1. The minimum absolute atomic E-state index is 0.217. The summed E-state index contributed by atoms with van der Waals surface area (Å²) in [5.74, 6) is 0.880. The molecule has 0 spiro atoms. The quantitative estimate of drug-likeness (QED) is 0.704. The smallest absolute Gasteiger partial charge is 0.164 e. The number of Topliss-reactive ketones (excluding diaryl/α,β-unsaturated/α-hetero) is 1. The molecular formula is C16H25NO. The summed E-state index contributed by atoms with van der Waals surface area (Å²) in [6.45, 7) is 8.59. The van der Waals surface area contributed by atoms with Crippen molar-refractivity contribution in [3.05, 3.63) is 29.8 Å². The Kier molecular flexibility index (Phi) is 5.39. The summed E-state index contributed by atoms with van der Waals surface area (Å²) in [5.41, 5.74) is 1.90. The van der Waals surface area contributed by atoms with Crippen molar-refractivity contribution < 1.29 is 4.79 Å². The minimum atomic E-state index is 0.217. The summed E-state index contributed by atoms with van der Waals surface area (Å²) in [5, 5.41) is 0. The lowest BCUT2D eigenvalue weighted by molar-refractivity contribution is 0.0988. The van der Waals surface area contributed by atoms with E-state index >= 15 is 0 Å². The van der Waals surface area contributed by atoms with E-state index in [1.165, 1.54) is 0 Å². The summed E-state index contributed by atoms with van der Waals surface area (Å²) in [7, 11) is 2.08. The van der Waals surface area contributed by atoms with Gasteiger partial charge in [0.2, 0.25) is 0 Å². The van der Waals surface area contributed by atoms with Crippen molar-refractivity contribution in [2.45, 2.75) is 46.6 Å². The molecule has 1 atom stereocenters. The van der Waals surface area contributed by atoms with Gasteiger partial charge in [0.15, 0.2) is 5.78 Å². The maximum atomic E-state index is 12.0. The molecule has 1 aromatic carbocycles. The molecule has 0 saturated heterocycles. The third-order valence-electron chi connectivity index (χ3n) is 3.38. The molecule has 100 valence electrons. The maximum Gasteiger partial charge on any atom is 0.164 e. The van der Waals surface area contributed by atoms with Crippen LogP contribution in [0.15, 0.2) is 24.3 Å². The van der Waals surface area contributed by atoms with Gasteiger partial charge in [-0.15, -0.1) is 0 Å². The topological polar surface area (TPSA) is 20.3 Å². The van der Waals surface area contributed by atoms with E-state index in [1.54, 1.807) is 0 Å². The van der Waals surface area contributed by atoms with E-state index in [1.807, 2.05) is 31.2 Å². The van der Waals surface area contributed by atoms with Gasteiger partial charge in [-0.25, -0.2) is 0 Å². The molecule has 0 aliphatic rings. The number of rotatable bonds is 6. The zero-order valence-corrected chi connectivity index (χ0v) is 12.2. The SMILES string of the molecule is CCC(=O)c1ccccc1N(C)C(C)CC(C)C. The molecule has 0 aromatic heterocycles. The maximum absolute atomic E-state index is 12.0. The van der Waals surface area contributed by atoms with E-state index in [-0.39, 0.29) is 5.78 Å². The van der Waals surface area contributed by atoms with Gasteiger partial charge in [0.1, 0.15) is 0 Å². The minimum Gasteiger partial charge on any atom is -0.371 e. The highest BCUT2D eigenvalue weighted by Crippen LogP contribution is 2.24. The average Bonchev–Trinajstić information content (AvgIpc) is 2.36. The van der Waals surface area contributed by atoms with Crippen LogP contribution in [0.25, 0.3) is 0 Å². The lowest BCUT2D eigenvalue weighted by Gasteiger charge is -2.29. The van der Waals surface area contributed by atoms with Crippen molar-refractivity contribution in [3.63, 3.8) is 0 Å². The Bertz CT molecular complexity index is 398. The Morgan fingerprint density at radius 2 is 1.83 bits per heavy atom. The lowest BCUT2D eigenvalue weighted by atomic mass is 10.0. The van der Waals surface area contributed by atoms with Crippen LogP contribution in [-0.4, -0.2) is 18.9 Å². The van der Waals surface area contributed by atoms with E-state index in [9.17, 15) is 4.79 Å². The van der Waals surface area contributed by atoms with Gasteiger partial charge < -0.3 is 4.90 Å². The average molecular weight is 247 g/mol. The molecule has 0 amide bonds. The van der Waals surface area contributed by atoms with Crippen LogP contribution in [0.2, 0.25) is 0 Å². The van der Waals surface area contributed by atoms with Gasteiger partial charge in [0.25, 0.3) is 0 Å². The number of hydrogen-bond acceptors (Lipinski definition) is 2. The molecule has 0 aliphatic heterocycles. The zero-order valence-electron chi connectivity index (χ0n) is 12.2. The third kappa shape index (κ3) is 3.59. The standard InChI is InChI=1S/C16H25NO/c1-6-16(18)14-9-7-8-10-15(14)17(5)13(4)11-12(2)3/h7-10,12-13H,6,11H2,1-5H3. The van der Waals surface area contributed by atoms with Crippen LogP contribution >= 0.6 is 0 Å². The molecule has 2 nitrogen and oxygen atoms in total. The summed E-state index contributed by atoms with van der Waals surface area (Å²) in [4.78, 5) is 14.2. The van der Waals surface area contributed by atoms with Crippen LogP contribution in [0.4, 0.5) is 5.69 Å². The third-order valence-corrected chi connectivity index (χ3v) is 3.38. The van der Waals surface area contributed by atoms with E-state index < -0.39 is 0 Å². The Morgan fingerprint density at radius 1 is 1.22 bits per heavy atom. The molecule has 1 rings (SSSR count). The van der Waals surface area contributed by atoms with Gasteiger partial charge in [-0.3, -0.25) is 4.79 Å². The first-order chi connectivity index (χ1) is 8.47. The molecule has 0 saturated carbocycles. The van der Waals surface area contributed by atoms with Crippen molar-refractivity contribution in [1.29, 1.82) is 0 Å². The molecule has 1 aromatic rings. The van der Waals surface area contributed by atoms with Crippen LogP contribution in [0, 0.1) is 5.92 Å². The second-order valence-corrected chi connectivity index (χ2v) is 5.38. The van der Waals surface area contributed by atoms with Crippen molar-refractivity contribution in [1.82, 2.24) is 0 Å². The monoisotopic (exact) mass is 247 g/mol. The molecule has 0 radical (unpaired) electrons. The van der Waals surface area contributed by atoms with Crippen molar-refractivity contribution in [2.24, 2.45) is 5.92 Å². The predicted octanol–water partition coefficient (Wildman–Crippen LogP) is 4.15. The largest absolute Gasteiger partial charge is 0.371 e. The number of benzene rings is 1. The van der Waals surface area contributed by atoms with E-state index in [0.29, 0.717) is 18.4 Å². The van der Waals surface area contributed by atoms with Crippen LogP contribution < -0.4 is 4.90 Å². The molecule has 18 heavy (non-hydrogen) atoms. The van der Waals surface area contributed by atoms with E-state index in [0.717, 1.165) is 17.7 Å². The van der Waals surface area contributed by atoms with Gasteiger partial charge in [0.05, 0.1) is 0 Å². The molecule has 1 unspecified atom stereocenters. The fraction of sp³-hybridized carbons (Fsp3) is 0.562. The number of ketones is 1. The Morgan fingerprint density at radius 3 is 2.39 bits per heavy atom. The van der Waals surface area contributed by atoms with Gasteiger partial charge in [-0.1, -0.05) is 32.9 Å². The van der Waals surface area contributed by atoms with Gasteiger partial charge >= 0.3 is 0 Å².